The molecule has 0 aliphatic heterocycles. The van der Waals surface area contributed by atoms with Crippen LogP contribution in [-0.2, 0) is 6.54 Å². The van der Waals surface area contributed by atoms with Crippen LogP contribution in [0, 0.1) is 0 Å². The fourth-order valence-electron chi connectivity index (χ4n) is 1.01. The molecule has 0 aliphatic rings. The Labute approximate surface area is 102 Å². The molecule has 0 aromatic heterocycles. The Morgan fingerprint density at radius 3 is 2.53 bits per heavy atom. The maximum Gasteiger partial charge on any atom is 0.166 e. The molecule has 0 radical (unpaired) electrons. The summed E-state index contributed by atoms with van der Waals surface area (Å²) in [5.74, 6) is 0. The average Bonchev–Trinajstić information content (AvgIpc) is 2.25. The number of halogens is 2. The normalized spacial score (nSPS) is 9.73. The zero-order chi connectivity index (χ0) is 11.1. The van der Waals surface area contributed by atoms with Crippen molar-refractivity contribution < 1.29 is 4.39 Å². The molecule has 2 N–H and O–H groups in total. The minimum Gasteiger partial charge on any atom is -0.360 e. The van der Waals surface area contributed by atoms with Crippen LogP contribution in [0.4, 0.5) is 4.39 Å². The third kappa shape index (κ3) is 5.09. The molecule has 2 nitrogen and oxygen atoms in total. The van der Waals surface area contributed by atoms with Crippen molar-refractivity contribution in [1.82, 2.24) is 10.6 Å². The van der Waals surface area contributed by atoms with Crippen molar-refractivity contribution in [2.24, 2.45) is 0 Å². The average molecular weight is 291 g/mol. The van der Waals surface area contributed by atoms with Crippen LogP contribution in [0.2, 0.25) is 0 Å². The molecule has 1 rings (SSSR count). The second kappa shape index (κ2) is 6.74. The number of nitrogens with one attached hydrogen (secondary N) is 2. The largest absolute Gasteiger partial charge is 0.360 e. The predicted octanol–water partition coefficient (Wildman–Crippen LogP) is 2.38. The Bertz CT molecular complexity index is 316. The zero-order valence-electron chi connectivity index (χ0n) is 8.09. The lowest BCUT2D eigenvalue weighted by Gasteiger charge is -2.08. The highest BCUT2D eigenvalue weighted by atomic mass is 79.9. The molecule has 5 heteroatoms. The van der Waals surface area contributed by atoms with E-state index in [2.05, 4.69) is 26.6 Å². The van der Waals surface area contributed by atoms with Crippen LogP contribution >= 0.6 is 28.1 Å². The molecule has 82 valence electrons. The van der Waals surface area contributed by atoms with E-state index in [1.165, 1.54) is 0 Å². The summed E-state index contributed by atoms with van der Waals surface area (Å²) in [6, 6.07) is 7.92. The van der Waals surface area contributed by atoms with E-state index in [0.717, 1.165) is 10.0 Å². The van der Waals surface area contributed by atoms with E-state index in [0.29, 0.717) is 11.7 Å². The molecule has 0 saturated heterocycles. The minimum atomic E-state index is -0.417. The van der Waals surface area contributed by atoms with Gasteiger partial charge >= 0.3 is 0 Å². The number of benzene rings is 1. The van der Waals surface area contributed by atoms with Crippen LogP contribution in [-0.4, -0.2) is 18.3 Å². The van der Waals surface area contributed by atoms with Crippen LogP contribution in [0.25, 0.3) is 0 Å². The molecule has 15 heavy (non-hydrogen) atoms. The van der Waals surface area contributed by atoms with Crippen molar-refractivity contribution in [2.75, 3.05) is 13.2 Å². The van der Waals surface area contributed by atoms with Gasteiger partial charge in [-0.2, -0.15) is 0 Å². The van der Waals surface area contributed by atoms with Crippen molar-refractivity contribution in [3.63, 3.8) is 0 Å². The number of hydrogen-bond acceptors (Lipinski definition) is 1. The SMILES string of the molecule is FCCNC(=S)NCc1ccc(Br)cc1. The molecule has 1 aromatic carbocycles. The van der Waals surface area contributed by atoms with Gasteiger partial charge in [-0.3, -0.25) is 0 Å². The Morgan fingerprint density at radius 2 is 1.93 bits per heavy atom. The third-order valence-corrected chi connectivity index (χ3v) is 2.56. The number of thiocarbonyl (C=S) groups is 1. The van der Waals surface area contributed by atoms with Gasteiger partial charge in [-0.05, 0) is 29.9 Å². The highest BCUT2D eigenvalue weighted by Gasteiger charge is 1.95. The quantitative estimate of drug-likeness (QED) is 0.833. The standard InChI is InChI=1S/C10H12BrFN2S/c11-9-3-1-8(2-4-9)7-14-10(15)13-6-5-12/h1-4H,5-7H2,(H2,13,14,15). The van der Waals surface area contributed by atoms with Crippen molar-refractivity contribution >= 4 is 33.3 Å². The van der Waals surface area contributed by atoms with E-state index >= 15 is 0 Å². The van der Waals surface area contributed by atoms with Gasteiger partial charge in [-0.25, -0.2) is 4.39 Å². The molecular formula is C10H12BrFN2S. The third-order valence-electron chi connectivity index (χ3n) is 1.75. The first-order valence-electron chi connectivity index (χ1n) is 4.54. The van der Waals surface area contributed by atoms with Gasteiger partial charge < -0.3 is 10.6 Å². The molecule has 0 fully saturated rings. The number of alkyl halides is 1. The first kappa shape index (κ1) is 12.4. The van der Waals surface area contributed by atoms with E-state index in [-0.39, 0.29) is 6.54 Å². The van der Waals surface area contributed by atoms with Gasteiger partial charge in [0.25, 0.3) is 0 Å². The summed E-state index contributed by atoms with van der Waals surface area (Å²) < 4.78 is 12.9. The fraction of sp³-hybridized carbons (Fsp3) is 0.300. The summed E-state index contributed by atoms with van der Waals surface area (Å²) in [5, 5.41) is 6.22. The topological polar surface area (TPSA) is 24.1 Å². The summed E-state index contributed by atoms with van der Waals surface area (Å²) in [7, 11) is 0. The molecular weight excluding hydrogens is 279 g/mol. The zero-order valence-corrected chi connectivity index (χ0v) is 10.5. The van der Waals surface area contributed by atoms with Crippen LogP contribution in [0.3, 0.4) is 0 Å². The van der Waals surface area contributed by atoms with E-state index in [4.69, 9.17) is 12.2 Å². The van der Waals surface area contributed by atoms with Crippen molar-refractivity contribution in [1.29, 1.82) is 0 Å². The summed E-state index contributed by atoms with van der Waals surface area (Å²) in [4.78, 5) is 0. The Balaban J connectivity index is 2.30. The predicted molar refractivity (Wildman–Crippen MR) is 67.6 cm³/mol. The first-order valence-corrected chi connectivity index (χ1v) is 5.74. The smallest absolute Gasteiger partial charge is 0.166 e. The van der Waals surface area contributed by atoms with Crippen molar-refractivity contribution in [3.8, 4) is 0 Å². The monoisotopic (exact) mass is 290 g/mol. The molecule has 0 spiro atoms. The molecule has 0 atom stereocenters. The van der Waals surface area contributed by atoms with Crippen LogP contribution in [0.1, 0.15) is 5.56 Å². The molecule has 0 amide bonds. The minimum absolute atomic E-state index is 0.256. The van der Waals surface area contributed by atoms with Gasteiger partial charge in [0.05, 0.1) is 0 Å². The van der Waals surface area contributed by atoms with Crippen molar-refractivity contribution in [3.05, 3.63) is 34.3 Å². The summed E-state index contributed by atoms with van der Waals surface area (Å²) in [5.41, 5.74) is 1.13. The van der Waals surface area contributed by atoms with Gasteiger partial charge in [0.2, 0.25) is 0 Å². The summed E-state index contributed by atoms with van der Waals surface area (Å²) >= 11 is 8.31. The number of hydrogen-bond donors (Lipinski definition) is 2. The maximum absolute atomic E-state index is 11.8. The second-order valence-corrected chi connectivity index (χ2v) is 4.25. The Hall–Kier alpha value is -0.680. The summed E-state index contributed by atoms with van der Waals surface area (Å²) in [6.07, 6.45) is 0. The van der Waals surface area contributed by atoms with Crippen LogP contribution in [0.15, 0.2) is 28.7 Å². The van der Waals surface area contributed by atoms with E-state index < -0.39 is 6.67 Å². The van der Waals surface area contributed by atoms with Crippen LogP contribution in [0.5, 0.6) is 0 Å². The second-order valence-electron chi connectivity index (χ2n) is 2.92. The van der Waals surface area contributed by atoms with Gasteiger partial charge in [-0.15, -0.1) is 0 Å². The lowest BCUT2D eigenvalue weighted by atomic mass is 10.2. The van der Waals surface area contributed by atoms with E-state index in [1.807, 2.05) is 24.3 Å². The molecule has 0 unspecified atom stereocenters. The van der Waals surface area contributed by atoms with Crippen molar-refractivity contribution in [2.45, 2.75) is 6.54 Å². The maximum atomic E-state index is 11.8. The first-order chi connectivity index (χ1) is 7.22. The molecule has 1 aromatic rings. The lowest BCUT2D eigenvalue weighted by molar-refractivity contribution is 0.490. The molecule has 0 bridgehead atoms. The Morgan fingerprint density at radius 1 is 1.27 bits per heavy atom. The highest BCUT2D eigenvalue weighted by Crippen LogP contribution is 2.09. The van der Waals surface area contributed by atoms with Gasteiger partial charge in [0.1, 0.15) is 6.67 Å². The van der Waals surface area contributed by atoms with E-state index in [1.54, 1.807) is 0 Å². The molecule has 0 heterocycles. The lowest BCUT2D eigenvalue weighted by Crippen LogP contribution is -2.35. The Kier molecular flexibility index (Phi) is 5.57. The highest BCUT2D eigenvalue weighted by molar-refractivity contribution is 9.10. The molecule has 0 aliphatic carbocycles. The van der Waals surface area contributed by atoms with E-state index in [9.17, 15) is 4.39 Å². The molecule has 0 saturated carbocycles. The fourth-order valence-corrected chi connectivity index (χ4v) is 1.45. The summed E-state index contributed by atoms with van der Waals surface area (Å²) in [6.45, 7) is 0.484. The van der Waals surface area contributed by atoms with Gasteiger partial charge in [0, 0.05) is 17.6 Å². The van der Waals surface area contributed by atoms with Gasteiger partial charge in [-0.1, -0.05) is 28.1 Å². The van der Waals surface area contributed by atoms with Crippen LogP contribution < -0.4 is 10.6 Å². The number of rotatable bonds is 4. The van der Waals surface area contributed by atoms with Gasteiger partial charge in [0.15, 0.2) is 5.11 Å².